The van der Waals surface area contributed by atoms with Crippen LogP contribution in [0.1, 0.15) is 41.5 Å². The van der Waals surface area contributed by atoms with Gasteiger partial charge in [0.2, 0.25) is 12.2 Å². The van der Waals surface area contributed by atoms with Crippen LogP contribution in [0, 0.1) is 5.41 Å². The van der Waals surface area contributed by atoms with E-state index in [4.69, 9.17) is 68.3 Å². The van der Waals surface area contributed by atoms with Crippen molar-refractivity contribution in [2.75, 3.05) is 6.61 Å². The lowest BCUT2D eigenvalue weighted by atomic mass is 9.98. The zero-order chi connectivity index (χ0) is 26.6. The molecule has 1 fully saturated rings. The summed E-state index contributed by atoms with van der Waals surface area (Å²) >= 11 is 17.3. The minimum Gasteiger partial charge on any atom is -0.463 e. The van der Waals surface area contributed by atoms with Crippen LogP contribution in [-0.4, -0.2) is 73.2 Å². The highest BCUT2D eigenvalue weighted by Gasteiger charge is 2.55. The Bertz CT molecular complexity index is 782. The van der Waals surface area contributed by atoms with Crippen molar-refractivity contribution in [2.45, 2.75) is 94.2 Å². The number of carbonyl (C=O) groups is 3. The van der Waals surface area contributed by atoms with Gasteiger partial charge in [-0.05, 0) is 18.1 Å². The first kappa shape index (κ1) is 30.9. The number of hydrogen-bond donors (Lipinski definition) is 1. The number of hydrogen-bond acceptors (Lipinski definition) is 10. The average molecular weight is 565 g/mol. The number of esters is 3. The molecule has 0 aromatic carbocycles. The molecule has 1 heterocycles. The van der Waals surface area contributed by atoms with Crippen LogP contribution < -0.4 is 0 Å². The van der Waals surface area contributed by atoms with Crippen LogP contribution in [0.3, 0.4) is 0 Å². The molecule has 1 rings (SSSR count). The number of nitrogens with one attached hydrogen (secondary N) is 1. The number of alkyl halides is 3. The molecule has 14 heteroatoms. The van der Waals surface area contributed by atoms with E-state index in [9.17, 15) is 14.4 Å². The Morgan fingerprint density at radius 1 is 0.882 bits per heavy atom. The fraction of sp³-hybridized carbons (Fsp3) is 0.800. The van der Waals surface area contributed by atoms with E-state index in [1.807, 2.05) is 33.9 Å². The maximum Gasteiger partial charge on any atom is 0.303 e. The second-order valence-corrected chi connectivity index (χ2v) is 16.3. The van der Waals surface area contributed by atoms with Crippen molar-refractivity contribution in [1.29, 1.82) is 5.41 Å². The molecule has 5 atom stereocenters. The van der Waals surface area contributed by atoms with Crippen molar-refractivity contribution in [2.24, 2.45) is 0 Å². The lowest BCUT2D eigenvalue weighted by Gasteiger charge is -2.48. The monoisotopic (exact) mass is 563 g/mol. The second-order valence-electron chi connectivity index (χ2n) is 9.28. The molecule has 34 heavy (non-hydrogen) atoms. The molecule has 0 bridgehead atoms. The molecule has 0 spiro atoms. The summed E-state index contributed by atoms with van der Waals surface area (Å²) in [7, 11) is -2.60. The van der Waals surface area contributed by atoms with Gasteiger partial charge >= 0.3 is 17.9 Å². The predicted molar refractivity (Wildman–Crippen MR) is 128 cm³/mol. The molecule has 0 aromatic heterocycles. The topological polar surface area (TPSA) is 130 Å². The number of ether oxygens (including phenoxy) is 5. The lowest BCUT2D eigenvalue weighted by Crippen LogP contribution is -2.65. The minimum absolute atomic E-state index is 0.299. The molecule has 0 amide bonds. The summed E-state index contributed by atoms with van der Waals surface area (Å²) in [5.74, 6) is -2.79. The first-order chi connectivity index (χ1) is 15.3. The van der Waals surface area contributed by atoms with Gasteiger partial charge in [0, 0.05) is 20.8 Å². The molecule has 0 radical (unpaired) electrons. The van der Waals surface area contributed by atoms with E-state index < -0.39 is 66.6 Å². The highest BCUT2D eigenvalue weighted by Crippen LogP contribution is 2.41. The molecule has 0 saturated carbocycles. The predicted octanol–water partition coefficient (Wildman–Crippen LogP) is 3.89. The van der Waals surface area contributed by atoms with E-state index in [0.29, 0.717) is 0 Å². The maximum absolute atomic E-state index is 12.0. The van der Waals surface area contributed by atoms with E-state index in [1.54, 1.807) is 0 Å². The van der Waals surface area contributed by atoms with Gasteiger partial charge in [-0.3, -0.25) is 19.8 Å². The number of carbonyl (C=O) groups excluding carboxylic acids is 3. The third-order valence-corrected chi connectivity index (χ3v) is 10.4. The SMILES string of the molecule is CC(=O)OC[C@H]1O[C@H](OC(=N)C(Cl)(Cl)Cl)[C@H](O[Si](C)(C)C(C)(C)C)[C@@H](OC(C)=O)[C@@H]1OC(C)=O. The van der Waals surface area contributed by atoms with Crippen LogP contribution in [0.15, 0.2) is 0 Å². The van der Waals surface area contributed by atoms with Crippen molar-refractivity contribution in [3.63, 3.8) is 0 Å². The van der Waals surface area contributed by atoms with Crippen LogP contribution in [-0.2, 0) is 42.5 Å². The molecule has 0 aromatic rings. The molecule has 10 nitrogen and oxygen atoms in total. The molecule has 0 aliphatic carbocycles. The molecule has 196 valence electrons. The van der Waals surface area contributed by atoms with E-state index >= 15 is 0 Å². The minimum atomic E-state index is -2.60. The molecule has 0 unspecified atom stereocenters. The molecular weight excluding hydrogens is 533 g/mol. The summed E-state index contributed by atoms with van der Waals surface area (Å²) in [6.07, 6.45) is -6.25. The van der Waals surface area contributed by atoms with Gasteiger partial charge in [0.05, 0.1) is 0 Å². The van der Waals surface area contributed by atoms with Crippen LogP contribution in [0.5, 0.6) is 0 Å². The highest BCUT2D eigenvalue weighted by atomic mass is 35.6. The zero-order valence-corrected chi connectivity index (χ0v) is 23.7. The smallest absolute Gasteiger partial charge is 0.303 e. The molecule has 1 aliphatic rings. The third-order valence-electron chi connectivity index (χ3n) is 5.37. The van der Waals surface area contributed by atoms with Crippen molar-refractivity contribution in [3.8, 4) is 0 Å². The fourth-order valence-corrected chi connectivity index (χ4v) is 4.20. The average Bonchev–Trinajstić information content (AvgIpc) is 2.62. The van der Waals surface area contributed by atoms with Gasteiger partial charge in [0.25, 0.3) is 3.79 Å². The van der Waals surface area contributed by atoms with Gasteiger partial charge < -0.3 is 28.1 Å². The summed E-state index contributed by atoms with van der Waals surface area (Å²) in [4.78, 5) is 35.3. The van der Waals surface area contributed by atoms with Gasteiger partial charge in [-0.25, -0.2) is 0 Å². The summed E-state index contributed by atoms with van der Waals surface area (Å²) in [5.41, 5.74) is 0. The van der Waals surface area contributed by atoms with Crippen LogP contribution >= 0.6 is 34.8 Å². The van der Waals surface area contributed by atoms with Gasteiger partial charge in [-0.15, -0.1) is 0 Å². The van der Waals surface area contributed by atoms with Crippen LogP contribution in [0.2, 0.25) is 18.1 Å². The Kier molecular flexibility index (Phi) is 10.7. The Hall–Kier alpha value is -1.11. The molecule has 1 aliphatic heterocycles. The quantitative estimate of drug-likeness (QED) is 0.122. The highest BCUT2D eigenvalue weighted by molar-refractivity contribution is 6.76. The maximum atomic E-state index is 12.0. The van der Waals surface area contributed by atoms with Crippen molar-refractivity contribution < 1.29 is 42.5 Å². The van der Waals surface area contributed by atoms with Crippen molar-refractivity contribution in [3.05, 3.63) is 0 Å². The van der Waals surface area contributed by atoms with E-state index in [1.165, 1.54) is 20.8 Å². The largest absolute Gasteiger partial charge is 0.463 e. The van der Waals surface area contributed by atoms with Gasteiger partial charge in [0.1, 0.15) is 18.8 Å². The van der Waals surface area contributed by atoms with Crippen molar-refractivity contribution in [1.82, 2.24) is 0 Å². The normalized spacial score (nSPS) is 25.8. The number of rotatable bonds is 7. The third kappa shape index (κ3) is 8.83. The van der Waals surface area contributed by atoms with Crippen LogP contribution in [0.4, 0.5) is 0 Å². The van der Waals surface area contributed by atoms with E-state index in [2.05, 4.69) is 0 Å². The van der Waals surface area contributed by atoms with Crippen molar-refractivity contribution >= 4 is 66.9 Å². The summed E-state index contributed by atoms with van der Waals surface area (Å²) in [6.45, 7) is 13.0. The standard InChI is InChI=1S/C20H32Cl3NO9Si/c1-10(25)28-9-13-14(29-11(2)26)15(30-12(3)27)16(33-34(7,8)19(4,5)6)17(31-13)32-18(24)20(21,22)23/h13-17,24H,9H2,1-8H3/t13-,14-,15+,16-,17-/m1/s1. The zero-order valence-electron chi connectivity index (χ0n) is 20.4. The van der Waals surface area contributed by atoms with E-state index in [-0.39, 0.29) is 11.6 Å². The molecular formula is C20H32Cl3NO9Si. The lowest BCUT2D eigenvalue weighted by molar-refractivity contribution is -0.285. The number of halogens is 3. The first-order valence-corrected chi connectivity index (χ1v) is 14.4. The van der Waals surface area contributed by atoms with Gasteiger partial charge in [-0.1, -0.05) is 55.6 Å². The second kappa shape index (κ2) is 11.7. The summed E-state index contributed by atoms with van der Waals surface area (Å²) < 4.78 is 31.6. The first-order valence-electron chi connectivity index (χ1n) is 10.4. The van der Waals surface area contributed by atoms with E-state index in [0.717, 1.165) is 0 Å². The summed E-state index contributed by atoms with van der Waals surface area (Å²) in [5, 5.41) is 7.71. The molecule has 1 N–H and O–H groups in total. The van der Waals surface area contributed by atoms with Gasteiger partial charge in [-0.2, -0.15) is 0 Å². The Balaban J connectivity index is 3.57. The Labute approximate surface area is 215 Å². The van der Waals surface area contributed by atoms with Crippen LogP contribution in [0.25, 0.3) is 0 Å². The molecule has 1 saturated heterocycles. The summed E-state index contributed by atoms with van der Waals surface area (Å²) in [6, 6.07) is 0. The fourth-order valence-electron chi connectivity index (χ4n) is 2.79. The Morgan fingerprint density at radius 3 is 1.79 bits per heavy atom. The van der Waals surface area contributed by atoms with Gasteiger partial charge in [0.15, 0.2) is 20.5 Å². The Morgan fingerprint density at radius 2 is 1.38 bits per heavy atom.